The molecule has 1 fully saturated rings. The molecule has 1 atom stereocenters. The van der Waals surface area contributed by atoms with Crippen LogP contribution in [0.1, 0.15) is 6.92 Å². The van der Waals surface area contributed by atoms with Gasteiger partial charge in [-0.3, -0.25) is 4.79 Å². The quantitative estimate of drug-likeness (QED) is 0.449. The molecular weight excluding hydrogens is 448 g/mol. The van der Waals surface area contributed by atoms with E-state index in [1.807, 2.05) is 0 Å². The van der Waals surface area contributed by atoms with Crippen molar-refractivity contribution in [2.24, 2.45) is 0 Å². The highest BCUT2D eigenvalue weighted by molar-refractivity contribution is 5.84. The van der Waals surface area contributed by atoms with E-state index in [4.69, 9.17) is 10.2 Å². The molecule has 176 valence electrons. The number of nitrogens with one attached hydrogen (secondary N) is 1. The van der Waals surface area contributed by atoms with Crippen molar-refractivity contribution in [3.63, 3.8) is 0 Å². The van der Waals surface area contributed by atoms with Crippen LogP contribution < -0.4 is 16.0 Å². The van der Waals surface area contributed by atoms with Gasteiger partial charge in [-0.1, -0.05) is 0 Å². The molecule has 1 amide bonds. The Morgan fingerprint density at radius 3 is 2.65 bits per heavy atom. The number of aromatic nitrogens is 5. The van der Waals surface area contributed by atoms with Crippen molar-refractivity contribution in [3.05, 3.63) is 48.2 Å². The van der Waals surface area contributed by atoms with Gasteiger partial charge in [0.2, 0.25) is 23.6 Å². The number of nitrogens with two attached hydrogens (primary N) is 1. The van der Waals surface area contributed by atoms with Gasteiger partial charge in [0.25, 0.3) is 5.78 Å². The molecule has 1 saturated heterocycles. The molecule has 11 nitrogen and oxygen atoms in total. The predicted octanol–water partition coefficient (Wildman–Crippen LogP) is 1.79. The van der Waals surface area contributed by atoms with Crippen LogP contribution >= 0.6 is 0 Å². The number of carbonyl (C=O) groups is 1. The standard InChI is InChI=1S/C21H21F2N9O2/c1-12(18(33)31-8-6-30(7-9-31)15-5-4-13(22)11-14(15)23)25-20-27-19(24)32-21(28-20)26-17(29-32)16-3-2-10-34-16/h2-5,10-12H,6-9H2,1H3,(H3,24,25,26,27,28,29)/t12-/m0/s1. The van der Waals surface area contributed by atoms with E-state index in [-0.39, 0.29) is 23.6 Å². The lowest BCUT2D eigenvalue weighted by atomic mass is 10.2. The Hall–Kier alpha value is -4.29. The van der Waals surface area contributed by atoms with Gasteiger partial charge in [-0.05, 0) is 31.2 Å². The van der Waals surface area contributed by atoms with Gasteiger partial charge < -0.3 is 25.3 Å². The van der Waals surface area contributed by atoms with Gasteiger partial charge in [-0.15, -0.1) is 5.10 Å². The monoisotopic (exact) mass is 469 g/mol. The summed E-state index contributed by atoms with van der Waals surface area (Å²) in [5, 5.41) is 7.19. The van der Waals surface area contributed by atoms with Crippen LogP contribution in [-0.4, -0.2) is 67.6 Å². The Kier molecular flexibility index (Phi) is 5.43. The summed E-state index contributed by atoms with van der Waals surface area (Å²) in [5.74, 6) is -0.257. The second kappa shape index (κ2) is 8.57. The van der Waals surface area contributed by atoms with E-state index in [9.17, 15) is 13.6 Å². The third-order valence-corrected chi connectivity index (χ3v) is 5.53. The van der Waals surface area contributed by atoms with Crippen LogP contribution in [0, 0.1) is 11.6 Å². The van der Waals surface area contributed by atoms with E-state index in [2.05, 4.69) is 25.4 Å². The van der Waals surface area contributed by atoms with Crippen molar-refractivity contribution < 1.29 is 18.0 Å². The summed E-state index contributed by atoms with van der Waals surface area (Å²) >= 11 is 0. The molecule has 4 heterocycles. The van der Waals surface area contributed by atoms with Crippen LogP contribution in [0.25, 0.3) is 17.4 Å². The molecule has 1 aromatic carbocycles. The summed E-state index contributed by atoms with van der Waals surface area (Å²) in [4.78, 5) is 29.2. The van der Waals surface area contributed by atoms with Crippen LogP contribution in [-0.2, 0) is 4.79 Å². The first kappa shape index (κ1) is 21.6. The molecular formula is C21H21F2N9O2. The Balaban J connectivity index is 1.24. The molecule has 0 unspecified atom stereocenters. The first-order valence-corrected chi connectivity index (χ1v) is 10.6. The van der Waals surface area contributed by atoms with Crippen molar-refractivity contribution in [1.29, 1.82) is 0 Å². The van der Waals surface area contributed by atoms with Gasteiger partial charge in [-0.2, -0.15) is 19.5 Å². The molecule has 0 spiro atoms. The number of hydrogen-bond acceptors (Lipinski definition) is 9. The van der Waals surface area contributed by atoms with Gasteiger partial charge in [0, 0.05) is 32.2 Å². The van der Waals surface area contributed by atoms with E-state index in [0.29, 0.717) is 43.5 Å². The van der Waals surface area contributed by atoms with Crippen LogP contribution in [0.3, 0.4) is 0 Å². The number of anilines is 3. The number of benzene rings is 1. The van der Waals surface area contributed by atoms with Crippen LogP contribution in [0.15, 0.2) is 41.0 Å². The minimum Gasteiger partial charge on any atom is -0.461 e. The fraction of sp³-hybridized carbons (Fsp3) is 0.286. The molecule has 3 aromatic heterocycles. The molecule has 0 radical (unpaired) electrons. The summed E-state index contributed by atoms with van der Waals surface area (Å²) in [6.45, 7) is 3.31. The Bertz CT molecular complexity index is 1330. The van der Waals surface area contributed by atoms with Gasteiger partial charge in [-0.25, -0.2) is 8.78 Å². The highest BCUT2D eigenvalue weighted by Crippen LogP contribution is 2.22. The minimum absolute atomic E-state index is 0.0485. The Morgan fingerprint density at radius 2 is 1.94 bits per heavy atom. The zero-order valence-electron chi connectivity index (χ0n) is 18.2. The molecule has 0 saturated carbocycles. The smallest absolute Gasteiger partial charge is 0.259 e. The largest absolute Gasteiger partial charge is 0.461 e. The number of halogens is 2. The average molecular weight is 469 g/mol. The first-order valence-electron chi connectivity index (χ1n) is 10.6. The van der Waals surface area contributed by atoms with Crippen LogP contribution in [0.5, 0.6) is 0 Å². The fourth-order valence-electron chi connectivity index (χ4n) is 3.81. The zero-order chi connectivity index (χ0) is 23.8. The normalized spacial score (nSPS) is 15.0. The topological polar surface area (TPSA) is 131 Å². The number of nitrogens with zero attached hydrogens (tertiary/aromatic N) is 7. The number of furan rings is 1. The summed E-state index contributed by atoms with van der Waals surface area (Å²) < 4.78 is 33.8. The number of piperazine rings is 1. The molecule has 5 rings (SSSR count). The van der Waals surface area contributed by atoms with Crippen molar-refractivity contribution in [2.45, 2.75) is 13.0 Å². The van der Waals surface area contributed by atoms with E-state index < -0.39 is 17.7 Å². The number of hydrogen-bond donors (Lipinski definition) is 2. The SMILES string of the molecule is C[C@H](Nc1nc(N)n2nc(-c3ccco3)nc2n1)C(=O)N1CCN(c2ccc(F)cc2F)CC1. The highest BCUT2D eigenvalue weighted by atomic mass is 19.1. The fourth-order valence-corrected chi connectivity index (χ4v) is 3.81. The molecule has 0 aliphatic carbocycles. The van der Waals surface area contributed by atoms with E-state index in [0.717, 1.165) is 6.07 Å². The number of amides is 1. The summed E-state index contributed by atoms with van der Waals surface area (Å²) in [6, 6.07) is 6.26. The third-order valence-electron chi connectivity index (χ3n) is 5.53. The number of fused-ring (bicyclic) bond motifs is 1. The highest BCUT2D eigenvalue weighted by Gasteiger charge is 2.27. The van der Waals surface area contributed by atoms with Gasteiger partial charge in [0.05, 0.1) is 12.0 Å². The van der Waals surface area contributed by atoms with Crippen molar-refractivity contribution in [1.82, 2.24) is 29.5 Å². The molecule has 4 aromatic rings. The summed E-state index contributed by atoms with van der Waals surface area (Å²) in [7, 11) is 0. The molecule has 0 bridgehead atoms. The van der Waals surface area contributed by atoms with Crippen molar-refractivity contribution in [2.75, 3.05) is 42.1 Å². The Morgan fingerprint density at radius 1 is 1.15 bits per heavy atom. The first-order chi connectivity index (χ1) is 16.4. The van der Waals surface area contributed by atoms with Gasteiger partial charge in [0.15, 0.2) is 5.76 Å². The lowest BCUT2D eigenvalue weighted by Crippen LogP contribution is -2.52. The van der Waals surface area contributed by atoms with E-state index in [1.54, 1.807) is 28.9 Å². The lowest BCUT2D eigenvalue weighted by molar-refractivity contribution is -0.131. The molecule has 1 aliphatic rings. The van der Waals surface area contributed by atoms with Gasteiger partial charge >= 0.3 is 0 Å². The molecule has 13 heteroatoms. The zero-order valence-corrected chi connectivity index (χ0v) is 18.2. The summed E-state index contributed by atoms with van der Waals surface area (Å²) in [5.41, 5.74) is 6.31. The predicted molar refractivity (Wildman–Crippen MR) is 119 cm³/mol. The maximum absolute atomic E-state index is 14.1. The third kappa shape index (κ3) is 4.07. The lowest BCUT2D eigenvalue weighted by Gasteiger charge is -2.37. The van der Waals surface area contributed by atoms with Crippen molar-refractivity contribution in [3.8, 4) is 11.6 Å². The Labute approximate surface area is 192 Å². The van der Waals surface area contributed by atoms with E-state index >= 15 is 0 Å². The molecule has 34 heavy (non-hydrogen) atoms. The minimum atomic E-state index is -0.650. The van der Waals surface area contributed by atoms with Crippen molar-refractivity contribution >= 4 is 29.3 Å². The maximum atomic E-state index is 14.1. The maximum Gasteiger partial charge on any atom is 0.259 e. The van der Waals surface area contributed by atoms with Crippen LogP contribution in [0.4, 0.5) is 26.4 Å². The van der Waals surface area contributed by atoms with E-state index in [1.165, 1.54) is 22.9 Å². The second-order valence-electron chi connectivity index (χ2n) is 7.80. The second-order valence-corrected chi connectivity index (χ2v) is 7.80. The average Bonchev–Trinajstić information content (AvgIpc) is 3.49. The molecule has 3 N–H and O–H groups in total. The van der Waals surface area contributed by atoms with Crippen LogP contribution in [0.2, 0.25) is 0 Å². The van der Waals surface area contributed by atoms with Gasteiger partial charge in [0.1, 0.15) is 17.7 Å². The number of rotatable bonds is 5. The number of nitrogen functional groups attached to an aromatic ring is 1. The summed E-state index contributed by atoms with van der Waals surface area (Å²) in [6.07, 6.45) is 1.51. The number of carbonyl (C=O) groups excluding carboxylic acids is 1. The molecule has 1 aliphatic heterocycles.